The predicted octanol–water partition coefficient (Wildman–Crippen LogP) is 2.11. The highest BCUT2D eigenvalue weighted by Gasteiger charge is 2.30. The normalized spacial score (nSPS) is 21.8. The topological polar surface area (TPSA) is 99.3 Å². The molecule has 2 aromatic rings. The molecule has 0 aromatic heterocycles. The highest BCUT2D eigenvalue weighted by atomic mass is 79.9. The van der Waals surface area contributed by atoms with Gasteiger partial charge in [0.1, 0.15) is 6.04 Å². The third-order valence-electron chi connectivity index (χ3n) is 5.09. The molecule has 154 valence electrons. The monoisotopic (exact) mass is 478 g/mol. The highest BCUT2D eigenvalue weighted by Crippen LogP contribution is 2.24. The summed E-state index contributed by atoms with van der Waals surface area (Å²) in [5.41, 5.74) is 8.18. The molecule has 0 spiro atoms. The van der Waals surface area contributed by atoms with Gasteiger partial charge in [0.2, 0.25) is 15.9 Å². The Labute approximate surface area is 178 Å². The van der Waals surface area contributed by atoms with Crippen LogP contribution in [0.25, 0.3) is 0 Å². The Morgan fingerprint density at radius 2 is 1.72 bits per heavy atom. The lowest BCUT2D eigenvalue weighted by Crippen LogP contribution is -2.42. The maximum absolute atomic E-state index is 12.5. The first-order chi connectivity index (χ1) is 13.9. The van der Waals surface area contributed by atoms with Gasteiger partial charge in [-0.2, -0.15) is 0 Å². The van der Waals surface area contributed by atoms with Crippen LogP contribution < -0.4 is 20.9 Å². The van der Waals surface area contributed by atoms with Crippen molar-refractivity contribution >= 4 is 31.9 Å². The maximum atomic E-state index is 12.5. The van der Waals surface area contributed by atoms with Crippen molar-refractivity contribution in [3.63, 3.8) is 0 Å². The zero-order valence-corrected chi connectivity index (χ0v) is 18.1. The Morgan fingerprint density at radius 1 is 1.03 bits per heavy atom. The van der Waals surface area contributed by atoms with Crippen LogP contribution in [0.15, 0.2) is 57.9 Å². The molecule has 29 heavy (non-hydrogen) atoms. The molecule has 7 nitrogen and oxygen atoms in total. The van der Waals surface area contributed by atoms with Crippen LogP contribution >= 0.6 is 15.9 Å². The predicted molar refractivity (Wildman–Crippen MR) is 113 cm³/mol. The van der Waals surface area contributed by atoms with Gasteiger partial charge in [-0.3, -0.25) is 4.79 Å². The molecule has 1 heterocycles. The number of benzene rings is 2. The summed E-state index contributed by atoms with van der Waals surface area (Å²) in [5.74, 6) is -0.0933. The van der Waals surface area contributed by atoms with Crippen molar-refractivity contribution in [2.45, 2.75) is 48.8 Å². The summed E-state index contributed by atoms with van der Waals surface area (Å²) >= 11 is 3.42. The largest absolute Gasteiger partial charge is 0.351 e. The van der Waals surface area contributed by atoms with Gasteiger partial charge in [0, 0.05) is 23.1 Å². The summed E-state index contributed by atoms with van der Waals surface area (Å²) in [6.07, 6.45) is 2.45. The average Bonchev–Trinajstić information content (AvgIpc) is 3.37. The SMILES string of the molecule is O=C(NCc1ccc(S(=O)(=O)NC2CC2)cc1)C1CC(c2ccc(Br)cc2)NN1. The number of hydrogen-bond acceptors (Lipinski definition) is 5. The Balaban J connectivity index is 1.29. The van der Waals surface area contributed by atoms with E-state index in [0.717, 1.165) is 28.4 Å². The van der Waals surface area contributed by atoms with E-state index in [0.29, 0.717) is 13.0 Å². The van der Waals surface area contributed by atoms with Gasteiger partial charge in [0.05, 0.1) is 4.90 Å². The third kappa shape index (κ3) is 5.23. The zero-order chi connectivity index (χ0) is 20.4. The van der Waals surface area contributed by atoms with Crippen molar-refractivity contribution < 1.29 is 13.2 Å². The van der Waals surface area contributed by atoms with E-state index in [-0.39, 0.29) is 28.9 Å². The summed E-state index contributed by atoms with van der Waals surface area (Å²) in [4.78, 5) is 12.7. The van der Waals surface area contributed by atoms with E-state index in [1.54, 1.807) is 24.3 Å². The van der Waals surface area contributed by atoms with Crippen molar-refractivity contribution in [2.75, 3.05) is 0 Å². The fourth-order valence-corrected chi connectivity index (χ4v) is 4.80. The Hall–Kier alpha value is -1.78. The molecule has 2 fully saturated rings. The van der Waals surface area contributed by atoms with Crippen LogP contribution in [0.5, 0.6) is 0 Å². The van der Waals surface area contributed by atoms with E-state index in [1.807, 2.05) is 24.3 Å². The smallest absolute Gasteiger partial charge is 0.240 e. The fraction of sp³-hybridized carbons (Fsp3) is 0.350. The lowest BCUT2D eigenvalue weighted by Gasteiger charge is -2.11. The molecular formula is C20H23BrN4O3S. The quantitative estimate of drug-likeness (QED) is 0.488. The molecule has 2 aliphatic rings. The van der Waals surface area contributed by atoms with Crippen molar-refractivity contribution in [2.24, 2.45) is 0 Å². The number of halogens is 1. The van der Waals surface area contributed by atoms with E-state index in [1.165, 1.54) is 0 Å². The first-order valence-electron chi connectivity index (χ1n) is 9.56. The fourth-order valence-electron chi connectivity index (χ4n) is 3.23. The standard InChI is InChI=1S/C20H23BrN4O3S/c21-15-5-3-14(4-6-15)18-11-19(24-23-18)20(26)22-12-13-1-9-17(10-2-13)29(27,28)25-16-7-8-16/h1-6,9-10,16,18-19,23-25H,7-8,11-12H2,(H,22,26). The molecular weight excluding hydrogens is 456 g/mol. The number of sulfonamides is 1. The summed E-state index contributed by atoms with van der Waals surface area (Å²) < 4.78 is 28.1. The second-order valence-corrected chi connectivity index (χ2v) is 10.1. The van der Waals surface area contributed by atoms with Gasteiger partial charge in [-0.05, 0) is 54.7 Å². The minimum absolute atomic E-state index is 0.0716. The minimum atomic E-state index is -3.45. The second kappa shape index (κ2) is 8.53. The lowest BCUT2D eigenvalue weighted by atomic mass is 10.0. The highest BCUT2D eigenvalue weighted by molar-refractivity contribution is 9.10. The molecule has 1 amide bonds. The number of rotatable bonds is 7. The molecule has 9 heteroatoms. The molecule has 2 atom stereocenters. The number of carbonyl (C=O) groups excluding carboxylic acids is 1. The molecule has 0 bridgehead atoms. The molecule has 1 saturated heterocycles. The minimum Gasteiger partial charge on any atom is -0.351 e. The van der Waals surface area contributed by atoms with E-state index in [2.05, 4.69) is 36.8 Å². The van der Waals surface area contributed by atoms with Crippen molar-refractivity contribution in [1.29, 1.82) is 0 Å². The van der Waals surface area contributed by atoms with Gasteiger partial charge < -0.3 is 5.32 Å². The molecule has 1 aliphatic heterocycles. The summed E-state index contributed by atoms with van der Waals surface area (Å²) in [6, 6.07) is 14.4. The molecule has 2 aromatic carbocycles. The molecule has 1 saturated carbocycles. The van der Waals surface area contributed by atoms with Crippen LogP contribution in [0.4, 0.5) is 0 Å². The van der Waals surface area contributed by atoms with Crippen LogP contribution in [0.3, 0.4) is 0 Å². The second-order valence-electron chi connectivity index (χ2n) is 7.44. The van der Waals surface area contributed by atoms with Crippen LogP contribution in [0.1, 0.15) is 36.4 Å². The van der Waals surface area contributed by atoms with Gasteiger partial charge in [-0.1, -0.05) is 40.2 Å². The van der Waals surface area contributed by atoms with Gasteiger partial charge in [0.15, 0.2) is 0 Å². The van der Waals surface area contributed by atoms with Crippen LogP contribution in [-0.2, 0) is 21.4 Å². The zero-order valence-electron chi connectivity index (χ0n) is 15.7. The number of hydrogen-bond donors (Lipinski definition) is 4. The molecule has 4 N–H and O–H groups in total. The van der Waals surface area contributed by atoms with Crippen LogP contribution in [0.2, 0.25) is 0 Å². The maximum Gasteiger partial charge on any atom is 0.240 e. The molecule has 2 unspecified atom stereocenters. The average molecular weight is 479 g/mol. The first-order valence-corrected chi connectivity index (χ1v) is 11.8. The van der Waals surface area contributed by atoms with Gasteiger partial charge in [-0.15, -0.1) is 0 Å². The number of carbonyl (C=O) groups is 1. The summed E-state index contributed by atoms with van der Waals surface area (Å²) in [7, 11) is -3.45. The molecule has 0 radical (unpaired) electrons. The Bertz CT molecular complexity index is 976. The van der Waals surface area contributed by atoms with Crippen molar-refractivity contribution in [3.05, 3.63) is 64.1 Å². The third-order valence-corrected chi connectivity index (χ3v) is 7.16. The van der Waals surface area contributed by atoms with Gasteiger partial charge >= 0.3 is 0 Å². The Kier molecular flexibility index (Phi) is 6.03. The Morgan fingerprint density at radius 3 is 2.38 bits per heavy atom. The number of nitrogens with one attached hydrogen (secondary N) is 4. The first kappa shape index (κ1) is 20.5. The van der Waals surface area contributed by atoms with Crippen molar-refractivity contribution in [1.82, 2.24) is 20.9 Å². The molecule has 1 aliphatic carbocycles. The lowest BCUT2D eigenvalue weighted by molar-refractivity contribution is -0.123. The van der Waals surface area contributed by atoms with E-state index in [9.17, 15) is 13.2 Å². The van der Waals surface area contributed by atoms with E-state index >= 15 is 0 Å². The molecule has 4 rings (SSSR count). The van der Waals surface area contributed by atoms with Crippen LogP contribution in [-0.4, -0.2) is 26.4 Å². The number of amides is 1. The van der Waals surface area contributed by atoms with Crippen LogP contribution in [0, 0.1) is 0 Å². The number of hydrazine groups is 1. The van der Waals surface area contributed by atoms with E-state index < -0.39 is 10.0 Å². The van der Waals surface area contributed by atoms with Gasteiger partial charge in [0.25, 0.3) is 0 Å². The summed E-state index contributed by atoms with van der Waals surface area (Å²) in [5, 5.41) is 2.91. The van der Waals surface area contributed by atoms with Gasteiger partial charge in [-0.25, -0.2) is 24.0 Å². The van der Waals surface area contributed by atoms with Crippen molar-refractivity contribution in [3.8, 4) is 0 Å². The van der Waals surface area contributed by atoms with E-state index in [4.69, 9.17) is 0 Å². The summed E-state index contributed by atoms with van der Waals surface area (Å²) in [6.45, 7) is 0.344.